The molecule has 1 N–H and O–H groups in total. The molecule has 1 saturated heterocycles. The molecule has 0 radical (unpaired) electrons. The lowest BCUT2D eigenvalue weighted by Gasteiger charge is -2.26. The van der Waals surface area contributed by atoms with Crippen LogP contribution in [0.15, 0.2) is 30.3 Å². The van der Waals surface area contributed by atoms with E-state index in [0.29, 0.717) is 19.0 Å². The van der Waals surface area contributed by atoms with Gasteiger partial charge < -0.3 is 10.0 Å². The largest absolute Gasteiger partial charge is 0.481 e. The van der Waals surface area contributed by atoms with E-state index in [0.717, 1.165) is 18.4 Å². The summed E-state index contributed by atoms with van der Waals surface area (Å²) in [6.07, 6.45) is 1.95. The maximum absolute atomic E-state index is 12.8. The van der Waals surface area contributed by atoms with Gasteiger partial charge >= 0.3 is 5.97 Å². The highest BCUT2D eigenvalue weighted by Crippen LogP contribution is 2.34. The normalized spacial score (nSPS) is 22.3. The van der Waals surface area contributed by atoms with Crippen LogP contribution in [0.5, 0.6) is 0 Å². The van der Waals surface area contributed by atoms with Crippen LogP contribution in [0.2, 0.25) is 0 Å². The Hall–Kier alpha value is -1.84. The summed E-state index contributed by atoms with van der Waals surface area (Å²) in [6.45, 7) is 7.01. The minimum Gasteiger partial charge on any atom is -0.481 e. The number of carbonyl (C=O) groups is 2. The topological polar surface area (TPSA) is 57.6 Å². The average molecular weight is 317 g/mol. The number of hydrogen-bond donors (Lipinski definition) is 1. The Balaban J connectivity index is 2.17. The quantitative estimate of drug-likeness (QED) is 0.875. The zero-order chi connectivity index (χ0) is 17.0. The number of likely N-dealkylation sites (tertiary alicyclic amines) is 1. The van der Waals surface area contributed by atoms with E-state index in [1.807, 2.05) is 37.3 Å². The number of carboxylic acid groups (broad SMARTS) is 1. The summed E-state index contributed by atoms with van der Waals surface area (Å²) in [7, 11) is 0. The van der Waals surface area contributed by atoms with Gasteiger partial charge in [-0.15, -0.1) is 0 Å². The molecule has 1 aromatic rings. The van der Waals surface area contributed by atoms with Gasteiger partial charge in [0, 0.05) is 24.9 Å². The van der Waals surface area contributed by atoms with E-state index in [1.54, 1.807) is 4.90 Å². The van der Waals surface area contributed by atoms with Gasteiger partial charge in [-0.3, -0.25) is 9.59 Å². The monoisotopic (exact) mass is 317 g/mol. The SMILES string of the molecule is CCC(CC)C(C)C(=O)N1CC(C(=O)O)C(c2ccccc2)C1. The third-order valence-electron chi connectivity index (χ3n) is 5.32. The highest BCUT2D eigenvalue weighted by Gasteiger charge is 2.41. The highest BCUT2D eigenvalue weighted by molar-refractivity contribution is 5.81. The second-order valence-corrected chi connectivity index (χ2v) is 6.57. The number of hydrogen-bond acceptors (Lipinski definition) is 2. The standard InChI is InChI=1S/C19H27NO3/c1-4-14(5-2)13(3)18(21)20-11-16(17(12-20)19(22)23)15-9-7-6-8-10-15/h6-10,13-14,16-17H,4-5,11-12H2,1-3H3,(H,22,23). The van der Waals surface area contributed by atoms with Crippen LogP contribution in [0, 0.1) is 17.8 Å². The molecule has 0 spiro atoms. The lowest BCUT2D eigenvalue weighted by molar-refractivity contribution is -0.142. The smallest absolute Gasteiger partial charge is 0.308 e. The molecular weight excluding hydrogens is 290 g/mol. The molecule has 1 heterocycles. The molecule has 1 aromatic carbocycles. The van der Waals surface area contributed by atoms with E-state index < -0.39 is 11.9 Å². The number of benzene rings is 1. The first kappa shape index (κ1) is 17.5. The molecule has 3 unspecified atom stereocenters. The third kappa shape index (κ3) is 3.74. The van der Waals surface area contributed by atoms with E-state index in [9.17, 15) is 14.7 Å². The molecule has 2 rings (SSSR count). The number of aliphatic carboxylic acids is 1. The van der Waals surface area contributed by atoms with E-state index >= 15 is 0 Å². The first-order valence-corrected chi connectivity index (χ1v) is 8.56. The fraction of sp³-hybridized carbons (Fsp3) is 0.579. The van der Waals surface area contributed by atoms with Crippen molar-refractivity contribution in [3.8, 4) is 0 Å². The van der Waals surface area contributed by atoms with Crippen LogP contribution in [0.3, 0.4) is 0 Å². The summed E-state index contributed by atoms with van der Waals surface area (Å²) in [5, 5.41) is 9.55. The fourth-order valence-corrected chi connectivity index (χ4v) is 3.76. The van der Waals surface area contributed by atoms with Crippen molar-refractivity contribution in [2.24, 2.45) is 17.8 Å². The van der Waals surface area contributed by atoms with Gasteiger partial charge in [0.2, 0.25) is 5.91 Å². The summed E-state index contributed by atoms with van der Waals surface area (Å²) in [5.74, 6) is -1.04. The Morgan fingerprint density at radius 3 is 2.30 bits per heavy atom. The molecule has 1 fully saturated rings. The molecule has 3 atom stereocenters. The predicted molar refractivity (Wildman–Crippen MR) is 90.1 cm³/mol. The maximum Gasteiger partial charge on any atom is 0.308 e. The van der Waals surface area contributed by atoms with Crippen molar-refractivity contribution in [1.29, 1.82) is 0 Å². The van der Waals surface area contributed by atoms with Crippen molar-refractivity contribution in [1.82, 2.24) is 4.90 Å². The number of amides is 1. The van der Waals surface area contributed by atoms with Crippen LogP contribution in [-0.2, 0) is 9.59 Å². The summed E-state index contributed by atoms with van der Waals surface area (Å²) < 4.78 is 0. The molecule has 4 heteroatoms. The van der Waals surface area contributed by atoms with E-state index in [1.165, 1.54) is 0 Å². The van der Waals surface area contributed by atoms with Gasteiger partial charge in [0.1, 0.15) is 0 Å². The highest BCUT2D eigenvalue weighted by atomic mass is 16.4. The van der Waals surface area contributed by atoms with Gasteiger partial charge in [-0.25, -0.2) is 0 Å². The van der Waals surface area contributed by atoms with E-state index in [2.05, 4.69) is 13.8 Å². The van der Waals surface area contributed by atoms with Crippen molar-refractivity contribution >= 4 is 11.9 Å². The van der Waals surface area contributed by atoms with Crippen LogP contribution < -0.4 is 0 Å². The zero-order valence-electron chi connectivity index (χ0n) is 14.2. The second kappa shape index (κ2) is 7.62. The van der Waals surface area contributed by atoms with Crippen LogP contribution in [0.25, 0.3) is 0 Å². The molecule has 1 aliphatic rings. The first-order valence-electron chi connectivity index (χ1n) is 8.56. The fourth-order valence-electron chi connectivity index (χ4n) is 3.76. The minimum atomic E-state index is -0.815. The molecule has 4 nitrogen and oxygen atoms in total. The molecular formula is C19H27NO3. The lowest BCUT2D eigenvalue weighted by Crippen LogP contribution is -2.37. The molecule has 0 aliphatic carbocycles. The van der Waals surface area contributed by atoms with Gasteiger partial charge in [0.15, 0.2) is 0 Å². The van der Waals surface area contributed by atoms with E-state index in [4.69, 9.17) is 0 Å². The molecule has 23 heavy (non-hydrogen) atoms. The van der Waals surface area contributed by atoms with Crippen molar-refractivity contribution in [2.75, 3.05) is 13.1 Å². The van der Waals surface area contributed by atoms with Crippen molar-refractivity contribution in [3.05, 3.63) is 35.9 Å². The van der Waals surface area contributed by atoms with E-state index in [-0.39, 0.29) is 17.7 Å². The molecule has 1 amide bonds. The third-order valence-corrected chi connectivity index (χ3v) is 5.32. The predicted octanol–water partition coefficient (Wildman–Crippen LogP) is 3.39. The second-order valence-electron chi connectivity index (χ2n) is 6.57. The Morgan fingerprint density at radius 1 is 1.17 bits per heavy atom. The number of rotatable bonds is 6. The number of nitrogens with zero attached hydrogens (tertiary/aromatic N) is 1. The molecule has 1 aliphatic heterocycles. The zero-order valence-corrected chi connectivity index (χ0v) is 14.2. The van der Waals surface area contributed by atoms with Gasteiger partial charge in [0.05, 0.1) is 5.92 Å². The molecule has 0 aromatic heterocycles. The first-order chi connectivity index (χ1) is 11.0. The van der Waals surface area contributed by atoms with Gasteiger partial charge in [0.25, 0.3) is 0 Å². The molecule has 0 saturated carbocycles. The van der Waals surface area contributed by atoms with Crippen molar-refractivity contribution in [3.63, 3.8) is 0 Å². The van der Waals surface area contributed by atoms with Gasteiger partial charge in [-0.1, -0.05) is 63.9 Å². The summed E-state index contributed by atoms with van der Waals surface area (Å²) in [4.78, 5) is 26.2. The maximum atomic E-state index is 12.8. The molecule has 0 bridgehead atoms. The van der Waals surface area contributed by atoms with Crippen LogP contribution in [0.4, 0.5) is 0 Å². The van der Waals surface area contributed by atoms with Gasteiger partial charge in [-0.2, -0.15) is 0 Å². The molecule has 126 valence electrons. The Bertz CT molecular complexity index is 539. The van der Waals surface area contributed by atoms with Crippen LogP contribution in [0.1, 0.15) is 45.1 Å². The van der Waals surface area contributed by atoms with Crippen LogP contribution >= 0.6 is 0 Å². The average Bonchev–Trinajstić information content (AvgIpc) is 3.01. The Kier molecular flexibility index (Phi) is 5.80. The number of carbonyl (C=O) groups excluding carboxylic acids is 1. The Morgan fingerprint density at radius 2 is 1.78 bits per heavy atom. The summed E-state index contributed by atoms with van der Waals surface area (Å²) in [6, 6.07) is 9.68. The lowest BCUT2D eigenvalue weighted by atomic mass is 9.88. The van der Waals surface area contributed by atoms with Crippen molar-refractivity contribution in [2.45, 2.75) is 39.5 Å². The van der Waals surface area contributed by atoms with Gasteiger partial charge in [-0.05, 0) is 11.5 Å². The number of carboxylic acids is 1. The van der Waals surface area contributed by atoms with Crippen molar-refractivity contribution < 1.29 is 14.7 Å². The summed E-state index contributed by atoms with van der Waals surface area (Å²) >= 11 is 0. The minimum absolute atomic E-state index is 0.0473. The Labute approximate surface area is 138 Å². The summed E-state index contributed by atoms with van der Waals surface area (Å²) in [5.41, 5.74) is 1.00. The van der Waals surface area contributed by atoms with Crippen LogP contribution in [-0.4, -0.2) is 35.0 Å².